The van der Waals surface area contributed by atoms with Crippen molar-refractivity contribution in [3.8, 4) is 0 Å². The van der Waals surface area contributed by atoms with Crippen LogP contribution in [0.3, 0.4) is 0 Å². The van der Waals surface area contributed by atoms with Gasteiger partial charge in [-0.15, -0.1) is 0 Å². The Hall–Kier alpha value is -0.830. The number of imidazole rings is 1. The first-order chi connectivity index (χ1) is 10.2. The molecule has 21 heavy (non-hydrogen) atoms. The van der Waals surface area contributed by atoms with Crippen LogP contribution in [0.25, 0.3) is 0 Å². The topological polar surface area (TPSA) is 29.9 Å². The van der Waals surface area contributed by atoms with E-state index in [-0.39, 0.29) is 0 Å². The zero-order valence-corrected chi connectivity index (χ0v) is 13.1. The molecule has 4 saturated carbocycles. The smallest absolute Gasteiger partial charge is 0.0953 e. The normalized spacial score (nSPS) is 48.1. The minimum Gasteiger partial charge on any atom is -0.328 e. The summed E-state index contributed by atoms with van der Waals surface area (Å²) >= 11 is 0. The van der Waals surface area contributed by atoms with E-state index in [1.807, 2.05) is 0 Å². The van der Waals surface area contributed by atoms with Crippen LogP contribution in [-0.2, 0) is 11.0 Å². The molecule has 114 valence electrons. The Balaban J connectivity index is 1.58. The lowest BCUT2D eigenvalue weighted by atomic mass is 9.52. The highest BCUT2D eigenvalue weighted by Gasteiger charge is 2.53. The molecule has 1 aliphatic heterocycles. The van der Waals surface area contributed by atoms with Crippen molar-refractivity contribution < 1.29 is 0 Å². The third-order valence-electron chi connectivity index (χ3n) is 7.14. The Morgan fingerprint density at radius 1 is 1.14 bits per heavy atom. The number of rotatable bonds is 2. The van der Waals surface area contributed by atoms with Crippen molar-refractivity contribution >= 4 is 0 Å². The number of nitrogens with zero attached hydrogens (tertiary/aromatic N) is 2. The minimum absolute atomic E-state index is 0.291. The first kappa shape index (κ1) is 12.7. The molecule has 1 atom stereocenters. The van der Waals surface area contributed by atoms with Gasteiger partial charge in [0.1, 0.15) is 0 Å². The van der Waals surface area contributed by atoms with Crippen LogP contribution in [0.4, 0.5) is 0 Å². The van der Waals surface area contributed by atoms with Crippen molar-refractivity contribution in [3.63, 3.8) is 0 Å². The fourth-order valence-corrected chi connectivity index (χ4v) is 6.52. The summed E-state index contributed by atoms with van der Waals surface area (Å²) in [5.74, 6) is 3.00. The van der Waals surface area contributed by atoms with E-state index in [2.05, 4.69) is 34.3 Å². The summed E-state index contributed by atoms with van der Waals surface area (Å²) in [5.41, 5.74) is 2.22. The molecule has 2 heterocycles. The number of hydrogen-bond donors (Lipinski definition) is 1. The van der Waals surface area contributed by atoms with Gasteiger partial charge in [0.25, 0.3) is 0 Å². The lowest BCUT2D eigenvalue weighted by Gasteiger charge is -2.58. The standard InChI is InChI=1S/C18H27N3/c1-17(2-3-19-11-17)16-10-20-12-21(16)18-7-13-4-14(8-18)6-15(5-13)9-18/h10,12-15,19H,2-9,11H2,1H3. The molecule has 1 N–H and O–H groups in total. The van der Waals surface area contributed by atoms with Gasteiger partial charge in [-0.2, -0.15) is 0 Å². The maximum absolute atomic E-state index is 4.60. The second-order valence-corrected chi connectivity index (χ2v) is 8.78. The predicted octanol–water partition coefficient (Wildman–Crippen LogP) is 3.06. The Bertz CT molecular complexity index is 517. The van der Waals surface area contributed by atoms with E-state index in [0.717, 1.165) is 30.8 Å². The van der Waals surface area contributed by atoms with Gasteiger partial charge in [-0.25, -0.2) is 4.98 Å². The van der Waals surface area contributed by atoms with Crippen LogP contribution in [0.2, 0.25) is 0 Å². The average molecular weight is 285 g/mol. The van der Waals surface area contributed by atoms with Gasteiger partial charge in [0.15, 0.2) is 0 Å². The van der Waals surface area contributed by atoms with E-state index in [1.54, 1.807) is 0 Å². The summed E-state index contributed by atoms with van der Waals surface area (Å²) in [6.45, 7) is 4.70. The molecule has 4 aliphatic carbocycles. The second-order valence-electron chi connectivity index (χ2n) is 8.78. The van der Waals surface area contributed by atoms with Gasteiger partial charge in [-0.3, -0.25) is 0 Å². The molecule has 4 bridgehead atoms. The van der Waals surface area contributed by atoms with E-state index in [9.17, 15) is 0 Å². The van der Waals surface area contributed by atoms with Crippen molar-refractivity contribution in [2.75, 3.05) is 13.1 Å². The molecular weight excluding hydrogens is 258 g/mol. The van der Waals surface area contributed by atoms with E-state index < -0.39 is 0 Å². The maximum atomic E-state index is 4.60. The largest absolute Gasteiger partial charge is 0.328 e. The summed E-state index contributed by atoms with van der Waals surface area (Å²) in [6, 6.07) is 0. The zero-order chi connectivity index (χ0) is 14.1. The molecular formula is C18H27N3. The van der Waals surface area contributed by atoms with Gasteiger partial charge in [-0.05, 0) is 69.2 Å². The Morgan fingerprint density at radius 2 is 1.81 bits per heavy atom. The first-order valence-electron chi connectivity index (χ1n) is 8.91. The molecule has 3 heteroatoms. The highest BCUT2D eigenvalue weighted by atomic mass is 15.1. The maximum Gasteiger partial charge on any atom is 0.0953 e. The van der Waals surface area contributed by atoms with Crippen LogP contribution >= 0.6 is 0 Å². The average Bonchev–Trinajstić information content (AvgIpc) is 3.06. The first-order valence-corrected chi connectivity index (χ1v) is 8.91. The zero-order valence-electron chi connectivity index (χ0n) is 13.1. The molecule has 0 spiro atoms. The molecule has 6 rings (SSSR count). The van der Waals surface area contributed by atoms with E-state index in [1.165, 1.54) is 50.6 Å². The van der Waals surface area contributed by atoms with Crippen LogP contribution < -0.4 is 5.32 Å². The van der Waals surface area contributed by atoms with Gasteiger partial charge in [-0.1, -0.05) is 6.92 Å². The van der Waals surface area contributed by atoms with E-state index in [4.69, 9.17) is 0 Å². The fraction of sp³-hybridized carbons (Fsp3) is 0.833. The second kappa shape index (κ2) is 4.13. The number of aromatic nitrogens is 2. The van der Waals surface area contributed by atoms with Gasteiger partial charge in [0.2, 0.25) is 0 Å². The third-order valence-corrected chi connectivity index (χ3v) is 7.14. The van der Waals surface area contributed by atoms with Gasteiger partial charge >= 0.3 is 0 Å². The van der Waals surface area contributed by atoms with Crippen molar-refractivity contribution in [1.82, 2.24) is 14.9 Å². The molecule has 0 aromatic carbocycles. The van der Waals surface area contributed by atoms with E-state index >= 15 is 0 Å². The van der Waals surface area contributed by atoms with Crippen molar-refractivity contribution in [3.05, 3.63) is 18.2 Å². The highest BCUT2D eigenvalue weighted by molar-refractivity contribution is 5.21. The van der Waals surface area contributed by atoms with Crippen LogP contribution in [0.5, 0.6) is 0 Å². The summed E-state index contributed by atoms with van der Waals surface area (Å²) in [5, 5.41) is 3.56. The van der Waals surface area contributed by atoms with Crippen LogP contribution in [0.1, 0.15) is 57.6 Å². The Morgan fingerprint density at radius 3 is 2.38 bits per heavy atom. The number of nitrogens with one attached hydrogen (secondary N) is 1. The third kappa shape index (κ3) is 1.73. The molecule has 1 aromatic heterocycles. The van der Waals surface area contributed by atoms with Gasteiger partial charge in [0.05, 0.1) is 6.33 Å². The molecule has 5 fully saturated rings. The molecule has 0 amide bonds. The van der Waals surface area contributed by atoms with Crippen molar-refractivity contribution in [2.24, 2.45) is 17.8 Å². The monoisotopic (exact) mass is 285 g/mol. The Kier molecular flexibility index (Phi) is 2.49. The molecule has 1 saturated heterocycles. The highest BCUT2D eigenvalue weighted by Crippen LogP contribution is 2.59. The summed E-state index contributed by atoms with van der Waals surface area (Å²) in [7, 11) is 0. The molecule has 1 unspecified atom stereocenters. The molecule has 3 nitrogen and oxygen atoms in total. The summed E-state index contributed by atoms with van der Waals surface area (Å²) < 4.78 is 2.66. The molecule has 0 radical (unpaired) electrons. The van der Waals surface area contributed by atoms with Crippen LogP contribution in [0, 0.1) is 17.8 Å². The summed E-state index contributed by atoms with van der Waals surface area (Å²) in [4.78, 5) is 4.60. The predicted molar refractivity (Wildman–Crippen MR) is 83.2 cm³/mol. The van der Waals surface area contributed by atoms with Crippen molar-refractivity contribution in [1.29, 1.82) is 0 Å². The quantitative estimate of drug-likeness (QED) is 0.905. The van der Waals surface area contributed by atoms with E-state index in [0.29, 0.717) is 11.0 Å². The lowest BCUT2D eigenvalue weighted by Crippen LogP contribution is -2.52. The molecule has 1 aromatic rings. The SMILES string of the molecule is CC1(c2cncn2C23CC4CC(CC(C4)C2)C3)CCNC1. The minimum atomic E-state index is 0.291. The van der Waals surface area contributed by atoms with Crippen molar-refractivity contribution in [2.45, 2.75) is 62.8 Å². The van der Waals surface area contributed by atoms with Crippen LogP contribution in [0.15, 0.2) is 12.5 Å². The fourth-order valence-electron chi connectivity index (χ4n) is 6.52. The van der Waals surface area contributed by atoms with Gasteiger partial charge < -0.3 is 9.88 Å². The van der Waals surface area contributed by atoms with Crippen LogP contribution in [-0.4, -0.2) is 22.6 Å². The molecule has 5 aliphatic rings. The number of hydrogen-bond acceptors (Lipinski definition) is 2. The lowest BCUT2D eigenvalue weighted by molar-refractivity contribution is -0.0454. The summed E-state index contributed by atoms with van der Waals surface area (Å²) in [6.07, 6.45) is 14.4. The van der Waals surface area contributed by atoms with Gasteiger partial charge in [0, 0.05) is 29.4 Å². The Labute approximate surface area is 127 Å².